The van der Waals surface area contributed by atoms with Gasteiger partial charge in [-0.15, -0.1) is 12.4 Å². The SMILES string of the molecule is CC1(C2CC2)NC(=O)N(CC(=O)Nc2cc(CN)cc(C(F)(F)F)c2)C1=O.Cl. The van der Waals surface area contributed by atoms with Gasteiger partial charge in [0.2, 0.25) is 5.91 Å². The lowest BCUT2D eigenvalue weighted by molar-refractivity contribution is -0.137. The molecular weight excluding hydrogens is 401 g/mol. The molecule has 0 spiro atoms. The number of urea groups is 1. The molecule has 1 atom stereocenters. The molecule has 4 N–H and O–H groups in total. The van der Waals surface area contributed by atoms with Gasteiger partial charge in [-0.05, 0) is 49.4 Å². The van der Waals surface area contributed by atoms with Gasteiger partial charge in [0, 0.05) is 12.2 Å². The van der Waals surface area contributed by atoms with Gasteiger partial charge in [-0.1, -0.05) is 0 Å². The average molecular weight is 421 g/mol. The molecule has 1 saturated carbocycles. The quantitative estimate of drug-likeness (QED) is 0.635. The molecule has 1 aliphatic heterocycles. The Balaban J connectivity index is 0.00000280. The van der Waals surface area contributed by atoms with Gasteiger partial charge in [-0.3, -0.25) is 14.5 Å². The first-order valence-corrected chi connectivity index (χ1v) is 8.40. The van der Waals surface area contributed by atoms with E-state index in [1.165, 1.54) is 6.07 Å². The minimum atomic E-state index is -4.60. The Morgan fingerprint density at radius 1 is 1.32 bits per heavy atom. The molecule has 3 rings (SSSR count). The zero-order valence-corrected chi connectivity index (χ0v) is 15.7. The molecule has 28 heavy (non-hydrogen) atoms. The molecule has 154 valence electrons. The monoisotopic (exact) mass is 420 g/mol. The Hall–Kier alpha value is -2.33. The summed E-state index contributed by atoms with van der Waals surface area (Å²) < 4.78 is 38.9. The topological polar surface area (TPSA) is 105 Å². The van der Waals surface area contributed by atoms with Gasteiger partial charge >= 0.3 is 12.2 Å². The van der Waals surface area contributed by atoms with E-state index in [-0.39, 0.29) is 36.1 Å². The number of nitrogens with one attached hydrogen (secondary N) is 2. The zero-order chi connectivity index (χ0) is 20.0. The summed E-state index contributed by atoms with van der Waals surface area (Å²) in [6, 6.07) is 2.30. The maximum Gasteiger partial charge on any atom is 0.416 e. The molecule has 1 aliphatic carbocycles. The van der Waals surface area contributed by atoms with Crippen molar-refractivity contribution in [1.29, 1.82) is 0 Å². The second-order valence-corrected chi connectivity index (χ2v) is 6.97. The molecule has 1 aromatic carbocycles. The van der Waals surface area contributed by atoms with Crippen molar-refractivity contribution in [2.45, 2.75) is 38.0 Å². The molecule has 4 amide bonds. The van der Waals surface area contributed by atoms with Gasteiger partial charge in [0.15, 0.2) is 0 Å². The Kier molecular flexibility index (Phi) is 5.95. The normalized spacial score (nSPS) is 22.0. The van der Waals surface area contributed by atoms with E-state index in [0.29, 0.717) is 0 Å². The molecule has 2 aliphatic rings. The van der Waals surface area contributed by atoms with Gasteiger partial charge in [-0.2, -0.15) is 13.2 Å². The Bertz CT molecular complexity index is 813. The number of rotatable bonds is 5. The van der Waals surface area contributed by atoms with Crippen LogP contribution in [-0.4, -0.2) is 34.8 Å². The number of nitrogens with two attached hydrogens (primary N) is 1. The number of carbonyl (C=O) groups is 3. The number of nitrogens with zero attached hydrogens (tertiary/aromatic N) is 1. The number of amides is 4. The van der Waals surface area contributed by atoms with Crippen LogP contribution in [0.25, 0.3) is 0 Å². The fourth-order valence-electron chi connectivity index (χ4n) is 3.19. The molecule has 11 heteroatoms. The molecule has 1 aromatic rings. The largest absolute Gasteiger partial charge is 0.416 e. The smallest absolute Gasteiger partial charge is 0.326 e. The summed E-state index contributed by atoms with van der Waals surface area (Å²) in [6.45, 7) is 0.893. The van der Waals surface area contributed by atoms with Crippen molar-refractivity contribution >= 4 is 35.9 Å². The summed E-state index contributed by atoms with van der Waals surface area (Å²) in [6.07, 6.45) is -2.97. The number of anilines is 1. The lowest BCUT2D eigenvalue weighted by Crippen LogP contribution is -2.46. The lowest BCUT2D eigenvalue weighted by Gasteiger charge is -2.20. The number of imide groups is 1. The highest BCUT2D eigenvalue weighted by molar-refractivity contribution is 6.10. The van der Waals surface area contributed by atoms with Crippen molar-refractivity contribution in [2.75, 3.05) is 11.9 Å². The van der Waals surface area contributed by atoms with E-state index < -0.39 is 41.7 Å². The number of alkyl halides is 3. The summed E-state index contributed by atoms with van der Waals surface area (Å²) in [5.41, 5.74) is 3.52. The number of carbonyl (C=O) groups excluding carboxylic acids is 3. The highest BCUT2D eigenvalue weighted by Crippen LogP contribution is 2.42. The van der Waals surface area contributed by atoms with E-state index in [9.17, 15) is 27.6 Å². The number of hydrogen-bond donors (Lipinski definition) is 3. The summed E-state index contributed by atoms with van der Waals surface area (Å²) in [5, 5.41) is 4.90. The molecule has 0 aromatic heterocycles. The lowest BCUT2D eigenvalue weighted by atomic mass is 9.96. The first-order valence-electron chi connectivity index (χ1n) is 8.40. The van der Waals surface area contributed by atoms with E-state index in [0.717, 1.165) is 29.9 Å². The predicted octanol–water partition coefficient (Wildman–Crippen LogP) is 2.24. The van der Waals surface area contributed by atoms with Crippen molar-refractivity contribution in [2.24, 2.45) is 11.7 Å². The second-order valence-electron chi connectivity index (χ2n) is 6.97. The van der Waals surface area contributed by atoms with Crippen LogP contribution in [0.2, 0.25) is 0 Å². The van der Waals surface area contributed by atoms with E-state index in [1.807, 2.05) is 0 Å². The Morgan fingerprint density at radius 3 is 2.50 bits per heavy atom. The molecule has 2 fully saturated rings. The van der Waals surface area contributed by atoms with Crippen LogP contribution in [0.1, 0.15) is 30.9 Å². The van der Waals surface area contributed by atoms with Crippen molar-refractivity contribution in [3.8, 4) is 0 Å². The number of halogens is 4. The minimum absolute atomic E-state index is 0. The molecule has 0 radical (unpaired) electrons. The second kappa shape index (κ2) is 7.59. The predicted molar refractivity (Wildman–Crippen MR) is 96.6 cm³/mol. The van der Waals surface area contributed by atoms with Crippen LogP contribution in [0, 0.1) is 5.92 Å². The fourth-order valence-corrected chi connectivity index (χ4v) is 3.19. The van der Waals surface area contributed by atoms with E-state index in [4.69, 9.17) is 5.73 Å². The molecule has 1 unspecified atom stereocenters. The standard InChI is InChI=1S/C17H19F3N4O3.ClH/c1-16(10-2-3-10)14(26)24(15(27)23-16)8-13(25)22-12-5-9(7-21)4-11(6-12)17(18,19)20;/h4-6,10H,2-3,7-8,21H2,1H3,(H,22,25)(H,23,27);1H. The average Bonchev–Trinajstić information content (AvgIpc) is 3.40. The Labute approximate surface area is 165 Å². The van der Waals surface area contributed by atoms with Crippen molar-refractivity contribution in [3.05, 3.63) is 29.3 Å². The molecule has 1 saturated heterocycles. The molecule has 1 heterocycles. The van der Waals surface area contributed by atoms with E-state index in [1.54, 1.807) is 6.92 Å². The van der Waals surface area contributed by atoms with Crippen LogP contribution in [0.4, 0.5) is 23.7 Å². The van der Waals surface area contributed by atoms with Gasteiger partial charge < -0.3 is 16.4 Å². The fraction of sp³-hybridized carbons (Fsp3) is 0.471. The number of hydrogen-bond acceptors (Lipinski definition) is 4. The zero-order valence-electron chi connectivity index (χ0n) is 14.9. The highest BCUT2D eigenvalue weighted by Gasteiger charge is 2.56. The summed E-state index contributed by atoms with van der Waals surface area (Å²) >= 11 is 0. The third-order valence-electron chi connectivity index (χ3n) is 4.84. The summed E-state index contributed by atoms with van der Waals surface area (Å²) in [4.78, 5) is 37.5. The summed E-state index contributed by atoms with van der Waals surface area (Å²) in [7, 11) is 0. The van der Waals surface area contributed by atoms with E-state index >= 15 is 0 Å². The Morgan fingerprint density at radius 2 is 1.96 bits per heavy atom. The first kappa shape index (κ1) is 22.0. The van der Waals surface area contributed by atoms with Crippen molar-refractivity contribution in [1.82, 2.24) is 10.2 Å². The van der Waals surface area contributed by atoms with Crippen LogP contribution in [-0.2, 0) is 22.3 Å². The molecular formula is C17H20ClF3N4O3. The van der Waals surface area contributed by atoms with Gasteiger partial charge in [0.25, 0.3) is 5.91 Å². The minimum Gasteiger partial charge on any atom is -0.326 e. The van der Waals surface area contributed by atoms with E-state index in [2.05, 4.69) is 10.6 Å². The highest BCUT2D eigenvalue weighted by atomic mass is 35.5. The van der Waals surface area contributed by atoms with Crippen LogP contribution in [0.15, 0.2) is 18.2 Å². The number of benzene rings is 1. The van der Waals surface area contributed by atoms with Crippen molar-refractivity contribution < 1.29 is 27.6 Å². The maximum absolute atomic E-state index is 13.0. The third kappa shape index (κ3) is 4.22. The third-order valence-corrected chi connectivity index (χ3v) is 4.84. The summed E-state index contributed by atoms with van der Waals surface area (Å²) in [5.74, 6) is -1.24. The van der Waals surface area contributed by atoms with Crippen LogP contribution in [0.3, 0.4) is 0 Å². The van der Waals surface area contributed by atoms with Gasteiger partial charge in [-0.25, -0.2) is 4.79 Å². The molecule has 0 bridgehead atoms. The van der Waals surface area contributed by atoms with Gasteiger partial charge in [0.1, 0.15) is 12.1 Å². The van der Waals surface area contributed by atoms with Crippen LogP contribution in [0.5, 0.6) is 0 Å². The van der Waals surface area contributed by atoms with Crippen molar-refractivity contribution in [3.63, 3.8) is 0 Å². The van der Waals surface area contributed by atoms with Crippen LogP contribution >= 0.6 is 12.4 Å². The van der Waals surface area contributed by atoms with Gasteiger partial charge in [0.05, 0.1) is 5.56 Å². The van der Waals surface area contributed by atoms with Crippen LogP contribution < -0.4 is 16.4 Å². The molecule has 7 nitrogen and oxygen atoms in total. The maximum atomic E-state index is 13.0. The first-order chi connectivity index (χ1) is 12.5.